The van der Waals surface area contributed by atoms with Crippen LogP contribution >= 0.6 is 0 Å². The van der Waals surface area contributed by atoms with Gasteiger partial charge in [0, 0.05) is 38.6 Å². The Balaban J connectivity index is 1.39. The highest BCUT2D eigenvalue weighted by atomic mass is 16.3. The molecule has 0 aliphatic carbocycles. The van der Waals surface area contributed by atoms with Crippen molar-refractivity contribution in [2.45, 2.75) is 31.2 Å². The molecule has 1 aliphatic rings. The summed E-state index contributed by atoms with van der Waals surface area (Å²) in [5, 5.41) is 20.2. The van der Waals surface area contributed by atoms with Gasteiger partial charge in [0.25, 0.3) is 0 Å². The Morgan fingerprint density at radius 1 is 1.03 bits per heavy atom. The zero-order chi connectivity index (χ0) is 26.2. The number of amides is 3. The normalized spacial score (nSPS) is 16.7. The molecule has 194 valence electrons. The van der Waals surface area contributed by atoms with E-state index in [-0.39, 0.29) is 18.5 Å². The average molecular weight is 502 g/mol. The zero-order valence-corrected chi connectivity index (χ0v) is 21.3. The Hall–Kier alpha value is -3.88. The van der Waals surface area contributed by atoms with Crippen LogP contribution in [0.1, 0.15) is 11.1 Å². The number of carbonyl (C=O) groups excluding carboxylic acids is 2. The molecular formula is C29H35N5O3. The number of benzene rings is 3. The van der Waals surface area contributed by atoms with E-state index < -0.39 is 18.2 Å². The molecule has 8 nitrogen and oxygen atoms in total. The summed E-state index contributed by atoms with van der Waals surface area (Å²) in [6.07, 6.45) is -0.363. The lowest BCUT2D eigenvalue weighted by Gasteiger charge is -2.26. The van der Waals surface area contributed by atoms with Crippen LogP contribution < -0.4 is 25.8 Å². The lowest BCUT2D eigenvalue weighted by molar-refractivity contribution is -0.123. The van der Waals surface area contributed by atoms with Gasteiger partial charge in [0.05, 0.1) is 18.7 Å². The summed E-state index contributed by atoms with van der Waals surface area (Å²) in [7, 11) is 4.00. The minimum absolute atomic E-state index is 0.225. The lowest BCUT2D eigenvalue weighted by atomic mass is 10.0. The van der Waals surface area contributed by atoms with Gasteiger partial charge in [-0.2, -0.15) is 0 Å². The maximum Gasteiger partial charge on any atom is 0.322 e. The zero-order valence-electron chi connectivity index (χ0n) is 21.3. The third kappa shape index (κ3) is 7.09. The number of hydrogen-bond acceptors (Lipinski definition) is 5. The summed E-state index contributed by atoms with van der Waals surface area (Å²) in [6, 6.07) is 25.7. The van der Waals surface area contributed by atoms with Gasteiger partial charge in [-0.15, -0.1) is 0 Å². The predicted octanol–water partition coefficient (Wildman–Crippen LogP) is 2.53. The number of aliphatic hydroxyl groups is 1. The van der Waals surface area contributed by atoms with Gasteiger partial charge in [-0.25, -0.2) is 4.79 Å². The molecule has 1 saturated heterocycles. The van der Waals surface area contributed by atoms with Crippen LogP contribution in [0.5, 0.6) is 0 Å². The molecule has 0 unspecified atom stereocenters. The van der Waals surface area contributed by atoms with Crippen molar-refractivity contribution < 1.29 is 14.7 Å². The first-order chi connectivity index (χ1) is 17.9. The molecule has 1 fully saturated rings. The van der Waals surface area contributed by atoms with Gasteiger partial charge in [-0.05, 0) is 41.8 Å². The van der Waals surface area contributed by atoms with Crippen molar-refractivity contribution in [1.29, 1.82) is 0 Å². The minimum atomic E-state index is -0.830. The number of urea groups is 1. The third-order valence-corrected chi connectivity index (χ3v) is 6.49. The first-order valence-corrected chi connectivity index (χ1v) is 12.5. The molecule has 4 rings (SSSR count). The molecule has 3 amide bonds. The first kappa shape index (κ1) is 26.2. The van der Waals surface area contributed by atoms with Crippen LogP contribution in [-0.4, -0.2) is 62.4 Å². The van der Waals surface area contributed by atoms with Gasteiger partial charge >= 0.3 is 6.03 Å². The van der Waals surface area contributed by atoms with Crippen molar-refractivity contribution in [2.24, 2.45) is 0 Å². The number of carbonyl (C=O) groups is 2. The Morgan fingerprint density at radius 2 is 1.70 bits per heavy atom. The van der Waals surface area contributed by atoms with Crippen molar-refractivity contribution in [2.75, 3.05) is 37.0 Å². The van der Waals surface area contributed by atoms with Gasteiger partial charge in [-0.3, -0.25) is 9.69 Å². The molecule has 0 bridgehead atoms. The number of aliphatic hydroxyl groups excluding tert-OH is 1. The SMILES string of the molecule is CN(C)c1cccc(CNC[C@@H](O)[C@H](Cc2ccccc2)NC(=O)[C@@H]2CN(c3ccccc3)C(=O)N2)c1. The number of anilines is 2. The van der Waals surface area contributed by atoms with Crippen LogP contribution in [0.4, 0.5) is 16.2 Å². The van der Waals surface area contributed by atoms with Crippen LogP contribution in [0, 0.1) is 0 Å². The second-order valence-corrected chi connectivity index (χ2v) is 9.52. The average Bonchev–Trinajstić information content (AvgIpc) is 3.31. The molecule has 0 aromatic heterocycles. The van der Waals surface area contributed by atoms with Crippen molar-refractivity contribution >= 4 is 23.3 Å². The molecule has 1 heterocycles. The second-order valence-electron chi connectivity index (χ2n) is 9.52. The van der Waals surface area contributed by atoms with Crippen LogP contribution in [0.15, 0.2) is 84.9 Å². The standard InChI is InChI=1S/C29H35N5O3/c1-33(2)24-15-9-12-22(16-24)18-30-19-27(35)25(17-21-10-5-3-6-11-21)31-28(36)26-20-34(29(37)32-26)23-13-7-4-8-14-23/h3-16,25-27,30,35H,17-20H2,1-2H3,(H,31,36)(H,32,37)/t25-,26-,27+/m0/s1. The maximum atomic E-state index is 13.2. The van der Waals surface area contributed by atoms with E-state index in [1.54, 1.807) is 4.90 Å². The van der Waals surface area contributed by atoms with E-state index >= 15 is 0 Å². The number of nitrogens with one attached hydrogen (secondary N) is 3. The number of nitrogens with zero attached hydrogens (tertiary/aromatic N) is 2. The molecule has 3 aromatic carbocycles. The molecule has 3 aromatic rings. The van der Waals surface area contributed by atoms with Crippen molar-refractivity contribution in [1.82, 2.24) is 16.0 Å². The van der Waals surface area contributed by atoms with Gasteiger partial charge in [0.2, 0.25) is 5.91 Å². The van der Waals surface area contributed by atoms with E-state index in [2.05, 4.69) is 22.0 Å². The lowest BCUT2D eigenvalue weighted by Crippen LogP contribution is -2.53. The van der Waals surface area contributed by atoms with E-state index in [0.29, 0.717) is 19.5 Å². The van der Waals surface area contributed by atoms with Gasteiger partial charge in [-0.1, -0.05) is 60.7 Å². The fourth-order valence-corrected chi connectivity index (χ4v) is 4.40. The van der Waals surface area contributed by atoms with Crippen LogP contribution in [-0.2, 0) is 17.8 Å². The molecule has 0 saturated carbocycles. The Labute approximate surface area is 218 Å². The Morgan fingerprint density at radius 3 is 2.41 bits per heavy atom. The maximum absolute atomic E-state index is 13.2. The van der Waals surface area contributed by atoms with Gasteiger partial charge in [0.1, 0.15) is 6.04 Å². The molecule has 1 aliphatic heterocycles. The summed E-state index contributed by atoms with van der Waals surface area (Å²) in [5.74, 6) is -0.314. The summed E-state index contributed by atoms with van der Waals surface area (Å²) in [6.45, 7) is 1.12. The third-order valence-electron chi connectivity index (χ3n) is 6.49. The Kier molecular flexibility index (Phi) is 8.77. The molecular weight excluding hydrogens is 466 g/mol. The predicted molar refractivity (Wildman–Crippen MR) is 147 cm³/mol. The highest BCUT2D eigenvalue weighted by molar-refractivity contribution is 6.00. The number of para-hydroxylation sites is 1. The molecule has 8 heteroatoms. The number of rotatable bonds is 11. The van der Waals surface area contributed by atoms with Crippen LogP contribution in [0.2, 0.25) is 0 Å². The molecule has 3 atom stereocenters. The van der Waals surface area contributed by atoms with E-state index in [0.717, 1.165) is 22.5 Å². The number of hydrogen-bond donors (Lipinski definition) is 4. The summed E-state index contributed by atoms with van der Waals surface area (Å²) in [4.78, 5) is 29.3. The second kappa shape index (κ2) is 12.4. The largest absolute Gasteiger partial charge is 0.390 e. The topological polar surface area (TPSA) is 96.9 Å². The first-order valence-electron chi connectivity index (χ1n) is 12.5. The quantitative estimate of drug-likeness (QED) is 0.324. The van der Waals surface area contributed by atoms with Gasteiger partial charge in [0.15, 0.2) is 0 Å². The van der Waals surface area contributed by atoms with Crippen molar-refractivity contribution in [3.63, 3.8) is 0 Å². The smallest absolute Gasteiger partial charge is 0.322 e. The van der Waals surface area contributed by atoms with Crippen LogP contribution in [0.25, 0.3) is 0 Å². The van der Waals surface area contributed by atoms with E-state index in [1.807, 2.05) is 97.9 Å². The molecule has 0 radical (unpaired) electrons. The molecule has 0 spiro atoms. The van der Waals surface area contributed by atoms with Gasteiger partial charge < -0.3 is 26.0 Å². The monoisotopic (exact) mass is 501 g/mol. The molecule has 37 heavy (non-hydrogen) atoms. The summed E-state index contributed by atoms with van der Waals surface area (Å²) < 4.78 is 0. The Bertz CT molecular complexity index is 1170. The summed E-state index contributed by atoms with van der Waals surface area (Å²) >= 11 is 0. The fraction of sp³-hybridized carbons (Fsp3) is 0.310. The van der Waals surface area contributed by atoms with E-state index in [1.165, 1.54) is 0 Å². The highest BCUT2D eigenvalue weighted by Gasteiger charge is 2.36. The fourth-order valence-electron chi connectivity index (χ4n) is 4.40. The molecule has 4 N–H and O–H groups in total. The van der Waals surface area contributed by atoms with Crippen molar-refractivity contribution in [3.05, 3.63) is 96.1 Å². The van der Waals surface area contributed by atoms with E-state index in [9.17, 15) is 14.7 Å². The van der Waals surface area contributed by atoms with Crippen molar-refractivity contribution in [3.8, 4) is 0 Å². The minimum Gasteiger partial charge on any atom is -0.390 e. The van der Waals surface area contributed by atoms with Crippen LogP contribution in [0.3, 0.4) is 0 Å². The van der Waals surface area contributed by atoms with E-state index in [4.69, 9.17) is 0 Å². The highest BCUT2D eigenvalue weighted by Crippen LogP contribution is 2.18. The summed E-state index contributed by atoms with van der Waals surface area (Å²) in [5.41, 5.74) is 3.96.